The van der Waals surface area contributed by atoms with Gasteiger partial charge in [0, 0.05) is 4.47 Å². The van der Waals surface area contributed by atoms with Crippen LogP contribution in [-0.4, -0.2) is 25.5 Å². The van der Waals surface area contributed by atoms with Crippen LogP contribution in [0.4, 0.5) is 0 Å². The molecule has 0 bridgehead atoms. The number of amides is 1. The zero-order valence-corrected chi connectivity index (χ0v) is 13.0. The molecule has 19 heavy (non-hydrogen) atoms. The van der Waals surface area contributed by atoms with E-state index in [1.165, 1.54) is 7.11 Å². The number of methoxy groups -OCH3 is 1. The molecule has 0 heterocycles. The lowest BCUT2D eigenvalue weighted by atomic mass is 9.92. The highest BCUT2D eigenvalue weighted by atomic mass is 79.9. The number of carbonyl (C=O) groups excluding carboxylic acids is 2. The Morgan fingerprint density at radius 1 is 1.37 bits per heavy atom. The van der Waals surface area contributed by atoms with E-state index in [1.54, 1.807) is 31.2 Å². The number of ether oxygens (including phenoxy) is 1. The fourth-order valence-electron chi connectivity index (χ4n) is 1.34. The van der Waals surface area contributed by atoms with Gasteiger partial charge in [0.2, 0.25) is 5.91 Å². The molecule has 0 saturated heterocycles. The largest absolute Gasteiger partial charge is 0.468 e. The third-order valence-corrected chi connectivity index (χ3v) is 3.07. The van der Waals surface area contributed by atoms with Gasteiger partial charge < -0.3 is 15.8 Å². The Morgan fingerprint density at radius 3 is 2.37 bits per heavy atom. The lowest BCUT2D eigenvalue weighted by molar-refractivity contribution is -0.141. The first-order valence-corrected chi connectivity index (χ1v) is 6.07. The number of esters is 1. The second-order valence-electron chi connectivity index (χ2n) is 3.97. The van der Waals surface area contributed by atoms with Gasteiger partial charge in [-0.15, -0.1) is 12.4 Å². The van der Waals surface area contributed by atoms with Crippen LogP contribution in [-0.2, 0) is 19.9 Å². The van der Waals surface area contributed by atoms with Crippen molar-refractivity contribution in [2.75, 3.05) is 13.7 Å². The van der Waals surface area contributed by atoms with Gasteiger partial charge >= 0.3 is 5.97 Å². The van der Waals surface area contributed by atoms with E-state index in [9.17, 15) is 9.59 Å². The van der Waals surface area contributed by atoms with E-state index < -0.39 is 17.4 Å². The molecule has 0 radical (unpaired) electrons. The SMILES string of the molecule is COC(=O)CNC(=O)C(C)(N)c1ccc(Br)cc1.Cl. The molecule has 0 fully saturated rings. The summed E-state index contributed by atoms with van der Waals surface area (Å²) in [5, 5.41) is 2.44. The first kappa shape index (κ1) is 17.9. The van der Waals surface area contributed by atoms with Gasteiger partial charge in [-0.3, -0.25) is 9.59 Å². The van der Waals surface area contributed by atoms with E-state index >= 15 is 0 Å². The first-order chi connectivity index (χ1) is 8.37. The van der Waals surface area contributed by atoms with Crippen LogP contribution in [0.15, 0.2) is 28.7 Å². The van der Waals surface area contributed by atoms with Crippen LogP contribution in [0.3, 0.4) is 0 Å². The highest BCUT2D eigenvalue weighted by Crippen LogP contribution is 2.20. The predicted molar refractivity (Wildman–Crippen MR) is 78.0 cm³/mol. The molecule has 1 atom stereocenters. The molecule has 0 aliphatic heterocycles. The molecule has 106 valence electrons. The van der Waals surface area contributed by atoms with Gasteiger partial charge in [-0.1, -0.05) is 28.1 Å². The van der Waals surface area contributed by atoms with Crippen LogP contribution >= 0.6 is 28.3 Å². The van der Waals surface area contributed by atoms with Crippen molar-refractivity contribution in [3.8, 4) is 0 Å². The Labute approximate surface area is 126 Å². The second-order valence-corrected chi connectivity index (χ2v) is 4.88. The molecule has 1 aromatic carbocycles. The van der Waals surface area contributed by atoms with Crippen LogP contribution < -0.4 is 11.1 Å². The highest BCUT2D eigenvalue weighted by Gasteiger charge is 2.30. The topological polar surface area (TPSA) is 81.4 Å². The van der Waals surface area contributed by atoms with Crippen molar-refractivity contribution in [1.29, 1.82) is 0 Å². The molecular weight excluding hydrogens is 336 g/mol. The van der Waals surface area contributed by atoms with Crippen molar-refractivity contribution in [3.05, 3.63) is 34.3 Å². The van der Waals surface area contributed by atoms with Crippen molar-refractivity contribution in [1.82, 2.24) is 5.32 Å². The van der Waals surface area contributed by atoms with Crippen molar-refractivity contribution in [3.63, 3.8) is 0 Å². The quantitative estimate of drug-likeness (QED) is 0.802. The van der Waals surface area contributed by atoms with Gasteiger partial charge in [-0.05, 0) is 24.6 Å². The minimum Gasteiger partial charge on any atom is -0.468 e. The monoisotopic (exact) mass is 350 g/mol. The number of carbonyl (C=O) groups is 2. The normalized spacial score (nSPS) is 12.8. The third kappa shape index (κ3) is 4.81. The van der Waals surface area contributed by atoms with Crippen LogP contribution in [0.2, 0.25) is 0 Å². The Balaban J connectivity index is 0.00000324. The fourth-order valence-corrected chi connectivity index (χ4v) is 1.60. The fraction of sp³-hybridized carbons (Fsp3) is 0.333. The van der Waals surface area contributed by atoms with Gasteiger partial charge in [0.15, 0.2) is 0 Å². The standard InChI is InChI=1S/C12H15BrN2O3.ClH/c1-12(14,8-3-5-9(13)6-4-8)11(17)15-7-10(16)18-2;/h3-6H,7,14H2,1-2H3,(H,15,17);1H. The van der Waals surface area contributed by atoms with Gasteiger partial charge in [0.1, 0.15) is 12.1 Å². The summed E-state index contributed by atoms with van der Waals surface area (Å²) in [4.78, 5) is 22.9. The molecule has 3 N–H and O–H groups in total. The van der Waals surface area contributed by atoms with Gasteiger partial charge in [0.25, 0.3) is 0 Å². The van der Waals surface area contributed by atoms with E-state index in [4.69, 9.17) is 5.73 Å². The maximum atomic E-state index is 11.9. The number of nitrogens with one attached hydrogen (secondary N) is 1. The molecule has 7 heteroatoms. The summed E-state index contributed by atoms with van der Waals surface area (Å²) in [5.41, 5.74) is 5.44. The van der Waals surface area contributed by atoms with Crippen LogP contribution in [0, 0.1) is 0 Å². The minimum atomic E-state index is -1.20. The zero-order valence-electron chi connectivity index (χ0n) is 10.6. The number of halogens is 2. The van der Waals surface area contributed by atoms with E-state index in [2.05, 4.69) is 26.0 Å². The lowest BCUT2D eigenvalue weighted by Crippen LogP contribution is -2.50. The Morgan fingerprint density at radius 2 is 1.89 bits per heavy atom. The number of rotatable bonds is 4. The molecule has 1 unspecified atom stereocenters. The van der Waals surface area contributed by atoms with Crippen molar-refractivity contribution in [2.45, 2.75) is 12.5 Å². The summed E-state index contributed by atoms with van der Waals surface area (Å²) in [6.45, 7) is 1.39. The number of hydrogen-bond donors (Lipinski definition) is 2. The first-order valence-electron chi connectivity index (χ1n) is 5.28. The van der Waals surface area contributed by atoms with Crippen molar-refractivity contribution >= 4 is 40.2 Å². The molecule has 5 nitrogen and oxygen atoms in total. The second kappa shape index (κ2) is 7.47. The molecule has 0 aromatic heterocycles. The van der Waals surface area contributed by atoms with Crippen LogP contribution in [0.1, 0.15) is 12.5 Å². The Bertz CT molecular complexity index is 449. The number of benzene rings is 1. The Hall–Kier alpha value is -1.11. The average molecular weight is 352 g/mol. The average Bonchev–Trinajstić information content (AvgIpc) is 2.35. The van der Waals surface area contributed by atoms with Gasteiger partial charge in [-0.25, -0.2) is 0 Å². The van der Waals surface area contributed by atoms with E-state index in [0.29, 0.717) is 5.56 Å². The molecular formula is C12H16BrClN2O3. The summed E-state index contributed by atoms with van der Waals surface area (Å²) in [6, 6.07) is 7.10. The molecule has 0 aliphatic carbocycles. The molecule has 1 aromatic rings. The van der Waals surface area contributed by atoms with E-state index in [1.807, 2.05) is 0 Å². The number of hydrogen-bond acceptors (Lipinski definition) is 4. The third-order valence-electron chi connectivity index (χ3n) is 2.54. The lowest BCUT2D eigenvalue weighted by Gasteiger charge is -2.23. The summed E-state index contributed by atoms with van der Waals surface area (Å²) in [5.74, 6) is -0.954. The number of nitrogens with two attached hydrogens (primary N) is 1. The summed E-state index contributed by atoms with van der Waals surface area (Å²) in [7, 11) is 1.25. The summed E-state index contributed by atoms with van der Waals surface area (Å²) < 4.78 is 5.33. The summed E-state index contributed by atoms with van der Waals surface area (Å²) >= 11 is 3.31. The molecule has 1 amide bonds. The molecule has 0 aliphatic rings. The van der Waals surface area contributed by atoms with Crippen molar-refractivity contribution < 1.29 is 14.3 Å². The summed E-state index contributed by atoms with van der Waals surface area (Å²) in [6.07, 6.45) is 0. The van der Waals surface area contributed by atoms with Crippen molar-refractivity contribution in [2.24, 2.45) is 5.73 Å². The van der Waals surface area contributed by atoms with Gasteiger partial charge in [0.05, 0.1) is 7.11 Å². The minimum absolute atomic E-state index is 0. The predicted octanol–water partition coefficient (Wildman–Crippen LogP) is 1.33. The zero-order chi connectivity index (χ0) is 13.8. The smallest absolute Gasteiger partial charge is 0.325 e. The molecule has 0 spiro atoms. The molecule has 0 saturated carbocycles. The Kier molecular flexibility index (Phi) is 7.04. The van der Waals surface area contributed by atoms with Gasteiger partial charge in [-0.2, -0.15) is 0 Å². The van der Waals surface area contributed by atoms with E-state index in [-0.39, 0.29) is 19.0 Å². The maximum absolute atomic E-state index is 11.9. The van der Waals surface area contributed by atoms with Crippen LogP contribution in [0.25, 0.3) is 0 Å². The van der Waals surface area contributed by atoms with Crippen LogP contribution in [0.5, 0.6) is 0 Å². The molecule has 1 rings (SSSR count). The maximum Gasteiger partial charge on any atom is 0.325 e. The highest BCUT2D eigenvalue weighted by molar-refractivity contribution is 9.10. The van der Waals surface area contributed by atoms with E-state index in [0.717, 1.165) is 4.47 Å².